The standard InChI is InChI=1S/C14H20N4/c1-18(2)10-13-6-4-3-5-12(13)7-15-8-14-9-16-11-17-14/h3-6,9,11,15H,7-8,10H2,1-2H3,(H,16,17). The lowest BCUT2D eigenvalue weighted by molar-refractivity contribution is 0.400. The molecular weight excluding hydrogens is 224 g/mol. The molecule has 0 amide bonds. The van der Waals surface area contributed by atoms with Crippen LogP contribution >= 0.6 is 0 Å². The molecule has 2 aromatic rings. The van der Waals surface area contributed by atoms with E-state index in [0.29, 0.717) is 0 Å². The molecular formula is C14H20N4. The maximum absolute atomic E-state index is 4.00. The second kappa shape index (κ2) is 6.33. The predicted molar refractivity (Wildman–Crippen MR) is 73.0 cm³/mol. The van der Waals surface area contributed by atoms with Crippen molar-refractivity contribution in [3.05, 3.63) is 53.6 Å². The van der Waals surface area contributed by atoms with E-state index in [-0.39, 0.29) is 0 Å². The summed E-state index contributed by atoms with van der Waals surface area (Å²) in [4.78, 5) is 9.28. The highest BCUT2D eigenvalue weighted by molar-refractivity contribution is 5.26. The van der Waals surface area contributed by atoms with Gasteiger partial charge in [0.2, 0.25) is 0 Å². The van der Waals surface area contributed by atoms with Crippen LogP contribution in [0.4, 0.5) is 0 Å². The fourth-order valence-corrected chi connectivity index (χ4v) is 1.94. The topological polar surface area (TPSA) is 44.0 Å². The van der Waals surface area contributed by atoms with E-state index in [0.717, 1.165) is 25.3 Å². The number of rotatable bonds is 6. The third-order valence-electron chi connectivity index (χ3n) is 2.79. The molecule has 0 saturated carbocycles. The molecule has 2 N–H and O–H groups in total. The van der Waals surface area contributed by atoms with Gasteiger partial charge in [0.05, 0.1) is 6.33 Å². The van der Waals surface area contributed by atoms with Crippen LogP contribution in [-0.4, -0.2) is 29.0 Å². The summed E-state index contributed by atoms with van der Waals surface area (Å²) in [6.45, 7) is 2.67. The van der Waals surface area contributed by atoms with Gasteiger partial charge in [-0.15, -0.1) is 0 Å². The van der Waals surface area contributed by atoms with Crippen LogP contribution in [-0.2, 0) is 19.6 Å². The Morgan fingerprint density at radius 3 is 2.61 bits per heavy atom. The third-order valence-corrected chi connectivity index (χ3v) is 2.79. The molecule has 0 saturated heterocycles. The minimum atomic E-state index is 0.816. The molecule has 1 aromatic heterocycles. The number of aromatic amines is 1. The third kappa shape index (κ3) is 3.68. The maximum atomic E-state index is 4.00. The number of benzene rings is 1. The molecule has 0 bridgehead atoms. The van der Waals surface area contributed by atoms with Crippen molar-refractivity contribution in [3.8, 4) is 0 Å². The molecule has 96 valence electrons. The minimum Gasteiger partial charge on any atom is -0.347 e. The highest BCUT2D eigenvalue weighted by Gasteiger charge is 2.02. The van der Waals surface area contributed by atoms with E-state index < -0.39 is 0 Å². The number of hydrogen-bond donors (Lipinski definition) is 2. The van der Waals surface area contributed by atoms with Crippen molar-refractivity contribution < 1.29 is 0 Å². The monoisotopic (exact) mass is 244 g/mol. The van der Waals surface area contributed by atoms with Crippen LogP contribution in [0.5, 0.6) is 0 Å². The Kier molecular flexibility index (Phi) is 4.50. The zero-order valence-corrected chi connectivity index (χ0v) is 11.0. The first-order valence-corrected chi connectivity index (χ1v) is 6.15. The quantitative estimate of drug-likeness (QED) is 0.814. The Morgan fingerprint density at radius 2 is 1.94 bits per heavy atom. The molecule has 4 heteroatoms. The summed E-state index contributed by atoms with van der Waals surface area (Å²) >= 11 is 0. The highest BCUT2D eigenvalue weighted by Crippen LogP contribution is 2.10. The summed E-state index contributed by atoms with van der Waals surface area (Å²) in [6.07, 6.45) is 3.55. The average molecular weight is 244 g/mol. The lowest BCUT2D eigenvalue weighted by Gasteiger charge is -2.14. The Bertz CT molecular complexity index is 462. The lowest BCUT2D eigenvalue weighted by atomic mass is 10.1. The molecule has 0 aliphatic heterocycles. The van der Waals surface area contributed by atoms with E-state index in [9.17, 15) is 0 Å². The van der Waals surface area contributed by atoms with Gasteiger partial charge in [-0.2, -0.15) is 0 Å². The van der Waals surface area contributed by atoms with Crippen molar-refractivity contribution in [2.24, 2.45) is 0 Å². The van der Waals surface area contributed by atoms with Gasteiger partial charge in [0.1, 0.15) is 0 Å². The number of nitrogens with one attached hydrogen (secondary N) is 2. The molecule has 1 heterocycles. The van der Waals surface area contributed by atoms with E-state index in [1.165, 1.54) is 11.1 Å². The zero-order chi connectivity index (χ0) is 12.8. The number of aromatic nitrogens is 2. The van der Waals surface area contributed by atoms with Gasteiger partial charge in [0.25, 0.3) is 0 Å². The minimum absolute atomic E-state index is 0.816. The summed E-state index contributed by atoms with van der Waals surface area (Å²) in [6, 6.07) is 8.55. The first-order valence-electron chi connectivity index (χ1n) is 6.15. The van der Waals surface area contributed by atoms with Crippen LogP contribution in [0.2, 0.25) is 0 Å². The average Bonchev–Trinajstić information content (AvgIpc) is 2.84. The fourth-order valence-electron chi connectivity index (χ4n) is 1.94. The van der Waals surface area contributed by atoms with E-state index in [1.54, 1.807) is 6.33 Å². The van der Waals surface area contributed by atoms with Gasteiger partial charge in [-0.3, -0.25) is 0 Å². The Morgan fingerprint density at radius 1 is 1.17 bits per heavy atom. The summed E-state index contributed by atoms with van der Waals surface area (Å²) < 4.78 is 0. The first-order chi connectivity index (χ1) is 8.75. The van der Waals surface area contributed by atoms with Crippen molar-refractivity contribution in [1.82, 2.24) is 20.2 Å². The molecule has 0 aliphatic carbocycles. The molecule has 4 nitrogen and oxygen atoms in total. The zero-order valence-electron chi connectivity index (χ0n) is 11.0. The Balaban J connectivity index is 1.92. The Hall–Kier alpha value is -1.65. The van der Waals surface area contributed by atoms with E-state index in [1.807, 2.05) is 6.20 Å². The van der Waals surface area contributed by atoms with Crippen molar-refractivity contribution >= 4 is 0 Å². The van der Waals surface area contributed by atoms with Crippen LogP contribution < -0.4 is 5.32 Å². The van der Waals surface area contributed by atoms with Gasteiger partial charge in [-0.1, -0.05) is 24.3 Å². The van der Waals surface area contributed by atoms with Gasteiger partial charge < -0.3 is 15.2 Å². The summed E-state index contributed by atoms with van der Waals surface area (Å²) in [5.41, 5.74) is 3.84. The van der Waals surface area contributed by atoms with Crippen LogP contribution in [0.25, 0.3) is 0 Å². The molecule has 0 fully saturated rings. The maximum Gasteiger partial charge on any atom is 0.0922 e. The van der Waals surface area contributed by atoms with Crippen LogP contribution in [0, 0.1) is 0 Å². The van der Waals surface area contributed by atoms with E-state index in [2.05, 4.69) is 58.5 Å². The SMILES string of the molecule is CN(C)Cc1ccccc1CNCc1cnc[nH]1. The number of imidazole rings is 1. The summed E-state index contributed by atoms with van der Waals surface area (Å²) in [5.74, 6) is 0. The van der Waals surface area contributed by atoms with Gasteiger partial charge in [-0.05, 0) is 25.2 Å². The molecule has 18 heavy (non-hydrogen) atoms. The van der Waals surface area contributed by atoms with E-state index in [4.69, 9.17) is 0 Å². The normalized spacial score (nSPS) is 11.1. The van der Waals surface area contributed by atoms with Gasteiger partial charge in [0, 0.05) is 31.5 Å². The fraction of sp³-hybridized carbons (Fsp3) is 0.357. The number of H-pyrrole nitrogens is 1. The smallest absolute Gasteiger partial charge is 0.0922 e. The largest absolute Gasteiger partial charge is 0.347 e. The van der Waals surface area contributed by atoms with Crippen molar-refractivity contribution in [2.75, 3.05) is 14.1 Å². The van der Waals surface area contributed by atoms with E-state index >= 15 is 0 Å². The number of nitrogens with zero attached hydrogens (tertiary/aromatic N) is 2. The van der Waals surface area contributed by atoms with Crippen LogP contribution in [0.3, 0.4) is 0 Å². The molecule has 0 unspecified atom stereocenters. The predicted octanol–water partition coefficient (Wildman–Crippen LogP) is 1.76. The molecule has 0 spiro atoms. The lowest BCUT2D eigenvalue weighted by Crippen LogP contribution is -2.17. The van der Waals surface area contributed by atoms with Gasteiger partial charge >= 0.3 is 0 Å². The molecule has 0 radical (unpaired) electrons. The molecule has 0 aliphatic rings. The summed E-state index contributed by atoms with van der Waals surface area (Å²) in [5, 5.41) is 3.43. The molecule has 0 atom stereocenters. The highest BCUT2D eigenvalue weighted by atomic mass is 15.0. The van der Waals surface area contributed by atoms with Gasteiger partial charge in [0.15, 0.2) is 0 Å². The molecule has 1 aromatic carbocycles. The number of hydrogen-bond acceptors (Lipinski definition) is 3. The van der Waals surface area contributed by atoms with Crippen LogP contribution in [0.15, 0.2) is 36.8 Å². The first kappa shape index (κ1) is 12.8. The molecule has 2 rings (SSSR count). The van der Waals surface area contributed by atoms with Crippen molar-refractivity contribution in [3.63, 3.8) is 0 Å². The second-order valence-corrected chi connectivity index (χ2v) is 4.69. The Labute approximate surface area is 108 Å². The second-order valence-electron chi connectivity index (χ2n) is 4.69. The van der Waals surface area contributed by atoms with Gasteiger partial charge in [-0.25, -0.2) is 4.98 Å². The van der Waals surface area contributed by atoms with Crippen molar-refractivity contribution in [1.29, 1.82) is 0 Å². The van der Waals surface area contributed by atoms with Crippen molar-refractivity contribution in [2.45, 2.75) is 19.6 Å². The van der Waals surface area contributed by atoms with Crippen LogP contribution in [0.1, 0.15) is 16.8 Å². The summed E-state index contributed by atoms with van der Waals surface area (Å²) in [7, 11) is 4.18.